The summed E-state index contributed by atoms with van der Waals surface area (Å²) in [5.74, 6) is -0.143. The van der Waals surface area contributed by atoms with E-state index in [9.17, 15) is 13.2 Å². The van der Waals surface area contributed by atoms with Crippen molar-refractivity contribution in [1.82, 2.24) is 5.32 Å². The number of aryl methyl sites for hydroxylation is 3. The summed E-state index contributed by atoms with van der Waals surface area (Å²) in [7, 11) is -3.46. The topological polar surface area (TPSA) is 66.5 Å². The Balaban J connectivity index is 1.44. The van der Waals surface area contributed by atoms with Crippen molar-refractivity contribution in [2.24, 2.45) is 0 Å². The fourth-order valence-corrected chi connectivity index (χ4v) is 5.38. The quantitative estimate of drug-likeness (QED) is 0.501. The molecule has 0 fully saturated rings. The highest BCUT2D eigenvalue weighted by atomic mass is 32.2. The van der Waals surface area contributed by atoms with Crippen molar-refractivity contribution >= 4 is 21.6 Å². The highest BCUT2D eigenvalue weighted by molar-refractivity contribution is 7.92. The molecule has 0 aliphatic heterocycles. The second-order valence-corrected chi connectivity index (χ2v) is 11.1. The van der Waals surface area contributed by atoms with Gasteiger partial charge in [0, 0.05) is 5.56 Å². The van der Waals surface area contributed by atoms with Gasteiger partial charge in [0.05, 0.1) is 24.5 Å². The molecule has 3 aromatic carbocycles. The molecule has 1 aliphatic carbocycles. The third kappa shape index (κ3) is 5.68. The molecule has 178 valence electrons. The summed E-state index contributed by atoms with van der Waals surface area (Å²) in [5, 5.41) is 3.09. The van der Waals surface area contributed by atoms with Gasteiger partial charge >= 0.3 is 0 Å². The Bertz CT molecular complexity index is 1280. The van der Waals surface area contributed by atoms with E-state index in [1.165, 1.54) is 34.5 Å². The lowest BCUT2D eigenvalue weighted by Gasteiger charge is -2.23. The largest absolute Gasteiger partial charge is 0.346 e. The number of hydrogen-bond donors (Lipinski definition) is 1. The molecular weight excluding hydrogens is 444 g/mol. The van der Waals surface area contributed by atoms with Crippen LogP contribution in [0.25, 0.3) is 0 Å². The number of carbonyl (C=O) groups excluding carboxylic acids is 1. The number of nitrogens with zero attached hydrogens (tertiary/aromatic N) is 1. The minimum atomic E-state index is -3.46. The Kier molecular flexibility index (Phi) is 7.08. The number of nitrogens with one attached hydrogen (secondary N) is 1. The molecule has 5 nitrogen and oxygen atoms in total. The summed E-state index contributed by atoms with van der Waals surface area (Å²) in [4.78, 5) is 12.9. The van der Waals surface area contributed by atoms with E-state index in [1.807, 2.05) is 44.2 Å². The number of anilines is 1. The highest BCUT2D eigenvalue weighted by Crippen LogP contribution is 2.25. The van der Waals surface area contributed by atoms with Crippen molar-refractivity contribution in [3.05, 3.63) is 100 Å². The summed E-state index contributed by atoms with van der Waals surface area (Å²) >= 11 is 0. The lowest BCUT2D eigenvalue weighted by Crippen LogP contribution is -2.29. The van der Waals surface area contributed by atoms with E-state index in [-0.39, 0.29) is 18.5 Å². The fourth-order valence-electron chi connectivity index (χ4n) is 4.50. The molecular formula is C28H32N2O3S. The third-order valence-electron chi connectivity index (χ3n) is 6.45. The molecule has 6 heteroatoms. The first kappa shape index (κ1) is 24.0. The van der Waals surface area contributed by atoms with Gasteiger partial charge in [-0.25, -0.2) is 8.42 Å². The SMILES string of the molecule is Cc1cccc(N(Cc2ccc(C(=O)NC(C)c3ccc4c(c3)CCCC4)cc2)S(C)(=O)=O)c1. The van der Waals surface area contributed by atoms with Crippen LogP contribution in [0, 0.1) is 6.92 Å². The summed E-state index contributed by atoms with van der Waals surface area (Å²) < 4.78 is 26.2. The van der Waals surface area contributed by atoms with Crippen LogP contribution >= 0.6 is 0 Å². The molecule has 1 unspecified atom stereocenters. The number of carbonyl (C=O) groups is 1. The first-order valence-corrected chi connectivity index (χ1v) is 13.6. The zero-order valence-electron chi connectivity index (χ0n) is 20.0. The minimum absolute atomic E-state index is 0.0959. The van der Waals surface area contributed by atoms with Crippen LogP contribution in [-0.4, -0.2) is 20.6 Å². The number of rotatable bonds is 7. The first-order chi connectivity index (χ1) is 16.2. The van der Waals surface area contributed by atoms with Crippen LogP contribution in [0.15, 0.2) is 66.7 Å². The van der Waals surface area contributed by atoms with Crippen molar-refractivity contribution in [1.29, 1.82) is 0 Å². The Morgan fingerprint density at radius 3 is 2.35 bits per heavy atom. The second-order valence-electron chi connectivity index (χ2n) is 9.24. The fraction of sp³-hybridized carbons (Fsp3) is 0.321. The van der Waals surface area contributed by atoms with Crippen LogP contribution in [0.4, 0.5) is 5.69 Å². The molecule has 34 heavy (non-hydrogen) atoms. The monoisotopic (exact) mass is 476 g/mol. The van der Waals surface area contributed by atoms with Crippen molar-refractivity contribution in [2.45, 2.75) is 52.1 Å². The van der Waals surface area contributed by atoms with Crippen LogP contribution in [0.3, 0.4) is 0 Å². The van der Waals surface area contributed by atoms with Crippen molar-refractivity contribution < 1.29 is 13.2 Å². The molecule has 0 bridgehead atoms. The third-order valence-corrected chi connectivity index (χ3v) is 7.59. The summed E-state index contributed by atoms with van der Waals surface area (Å²) in [6.07, 6.45) is 5.94. The molecule has 0 saturated carbocycles. The van der Waals surface area contributed by atoms with Gasteiger partial charge in [-0.05, 0) is 91.6 Å². The Labute approximate surface area is 202 Å². The summed E-state index contributed by atoms with van der Waals surface area (Å²) in [6, 6.07) is 21.0. The van der Waals surface area contributed by atoms with Gasteiger partial charge in [0.25, 0.3) is 5.91 Å². The van der Waals surface area contributed by atoms with E-state index in [0.717, 1.165) is 29.5 Å². The van der Waals surface area contributed by atoms with E-state index in [0.29, 0.717) is 11.3 Å². The Hall–Kier alpha value is -3.12. The molecule has 3 aromatic rings. The van der Waals surface area contributed by atoms with Crippen molar-refractivity contribution in [3.63, 3.8) is 0 Å². The maximum atomic E-state index is 12.9. The molecule has 0 saturated heterocycles. The van der Waals surface area contributed by atoms with Gasteiger partial charge in [0.1, 0.15) is 0 Å². The maximum Gasteiger partial charge on any atom is 0.251 e. The number of fused-ring (bicyclic) bond motifs is 1. The molecule has 0 heterocycles. The summed E-state index contributed by atoms with van der Waals surface area (Å²) in [5.41, 5.74) is 6.93. The Morgan fingerprint density at radius 1 is 0.971 bits per heavy atom. The molecule has 4 rings (SSSR count). The number of sulfonamides is 1. The van der Waals surface area contributed by atoms with E-state index in [2.05, 4.69) is 23.5 Å². The van der Waals surface area contributed by atoms with Gasteiger partial charge in [-0.1, -0.05) is 42.5 Å². The molecule has 1 aliphatic rings. The normalized spacial score (nSPS) is 14.2. The lowest BCUT2D eigenvalue weighted by atomic mass is 9.89. The number of amides is 1. The average molecular weight is 477 g/mol. The summed E-state index contributed by atoms with van der Waals surface area (Å²) in [6.45, 7) is 4.14. The van der Waals surface area contributed by atoms with Crippen molar-refractivity contribution in [2.75, 3.05) is 10.6 Å². The van der Waals surface area contributed by atoms with Crippen LogP contribution < -0.4 is 9.62 Å². The zero-order chi connectivity index (χ0) is 24.3. The molecule has 0 aromatic heterocycles. The molecule has 1 amide bonds. The van der Waals surface area contributed by atoms with E-state index < -0.39 is 10.0 Å². The van der Waals surface area contributed by atoms with E-state index >= 15 is 0 Å². The molecule has 0 radical (unpaired) electrons. The lowest BCUT2D eigenvalue weighted by molar-refractivity contribution is 0.0940. The van der Waals surface area contributed by atoms with Crippen molar-refractivity contribution in [3.8, 4) is 0 Å². The van der Waals surface area contributed by atoms with Gasteiger partial charge < -0.3 is 5.32 Å². The minimum Gasteiger partial charge on any atom is -0.346 e. The highest BCUT2D eigenvalue weighted by Gasteiger charge is 2.19. The number of benzene rings is 3. The maximum absolute atomic E-state index is 12.9. The van der Waals surface area contributed by atoms with E-state index in [1.54, 1.807) is 18.2 Å². The number of hydrogen-bond acceptors (Lipinski definition) is 3. The van der Waals surface area contributed by atoms with Crippen LogP contribution in [0.5, 0.6) is 0 Å². The van der Waals surface area contributed by atoms with Gasteiger partial charge in [0.2, 0.25) is 10.0 Å². The van der Waals surface area contributed by atoms with Crippen LogP contribution in [-0.2, 0) is 29.4 Å². The average Bonchev–Trinajstić information content (AvgIpc) is 2.81. The second kappa shape index (κ2) is 10.0. The van der Waals surface area contributed by atoms with Gasteiger partial charge in [-0.15, -0.1) is 0 Å². The predicted molar refractivity (Wildman–Crippen MR) is 138 cm³/mol. The van der Waals surface area contributed by atoms with Crippen LogP contribution in [0.1, 0.15) is 64.0 Å². The standard InChI is InChI=1S/C28H32N2O3S/c1-20-7-6-10-27(17-20)30(34(3,32)33)19-22-11-13-24(14-12-22)28(31)29-21(2)25-16-15-23-8-4-5-9-26(23)18-25/h6-7,10-18,21H,4-5,8-9,19H2,1-3H3,(H,29,31). The van der Waals surface area contributed by atoms with Crippen LogP contribution in [0.2, 0.25) is 0 Å². The molecule has 1 N–H and O–H groups in total. The van der Waals surface area contributed by atoms with E-state index in [4.69, 9.17) is 0 Å². The first-order valence-electron chi connectivity index (χ1n) is 11.8. The molecule has 1 atom stereocenters. The van der Waals surface area contributed by atoms with Gasteiger partial charge in [-0.3, -0.25) is 9.10 Å². The predicted octanol–water partition coefficient (Wildman–Crippen LogP) is 5.33. The smallest absolute Gasteiger partial charge is 0.251 e. The van der Waals surface area contributed by atoms with Gasteiger partial charge in [0.15, 0.2) is 0 Å². The molecule has 0 spiro atoms. The Morgan fingerprint density at radius 2 is 1.68 bits per heavy atom. The van der Waals surface area contributed by atoms with Gasteiger partial charge in [-0.2, -0.15) is 0 Å². The zero-order valence-corrected chi connectivity index (χ0v) is 20.9.